The smallest absolute Gasteiger partial charge is 0.170 e. The zero-order chi connectivity index (χ0) is 15.1. The molecule has 7 heteroatoms. The van der Waals surface area contributed by atoms with Crippen LogP contribution in [0.15, 0.2) is 18.2 Å². The van der Waals surface area contributed by atoms with E-state index < -0.39 is 0 Å². The first-order valence-electron chi connectivity index (χ1n) is 6.99. The van der Waals surface area contributed by atoms with E-state index in [4.69, 9.17) is 33.3 Å². The molecule has 0 radical (unpaired) electrons. The van der Waals surface area contributed by atoms with Gasteiger partial charge in [-0.05, 0) is 30.4 Å². The Hall–Kier alpha value is -1.08. The van der Waals surface area contributed by atoms with E-state index in [0.29, 0.717) is 15.9 Å². The lowest BCUT2D eigenvalue weighted by atomic mass is 10.3. The summed E-state index contributed by atoms with van der Waals surface area (Å²) >= 11 is 11.4. The fraction of sp³-hybridized carbons (Fsp3) is 0.500. The molecule has 0 amide bonds. The summed E-state index contributed by atoms with van der Waals surface area (Å²) in [7, 11) is 1.59. The molecule has 1 aliphatic heterocycles. The SMILES string of the molecule is COc1ccc(NC(=S)NCC[NH+]2CCOCC2)cc1Cl. The van der Waals surface area contributed by atoms with Crippen LogP contribution in [0.5, 0.6) is 5.75 Å². The molecular weight excluding hydrogens is 310 g/mol. The molecule has 3 N–H and O–H groups in total. The zero-order valence-corrected chi connectivity index (χ0v) is 13.6. The maximum Gasteiger partial charge on any atom is 0.170 e. The molecule has 1 aromatic carbocycles. The molecule has 1 heterocycles. The van der Waals surface area contributed by atoms with E-state index in [1.54, 1.807) is 18.1 Å². The number of nitrogens with one attached hydrogen (secondary N) is 3. The second kappa shape index (κ2) is 8.38. The summed E-state index contributed by atoms with van der Waals surface area (Å²) in [5.41, 5.74) is 0.844. The molecule has 1 aliphatic rings. The molecule has 2 rings (SSSR count). The van der Waals surface area contributed by atoms with Crippen LogP contribution in [-0.4, -0.2) is 51.6 Å². The molecular formula is C14H21ClN3O2S+. The van der Waals surface area contributed by atoms with Crippen molar-refractivity contribution >= 4 is 34.6 Å². The predicted molar refractivity (Wildman–Crippen MR) is 88.6 cm³/mol. The average Bonchev–Trinajstić information content (AvgIpc) is 2.48. The van der Waals surface area contributed by atoms with Crippen LogP contribution in [0.2, 0.25) is 5.02 Å². The maximum atomic E-state index is 6.08. The third-order valence-corrected chi connectivity index (χ3v) is 3.92. The van der Waals surface area contributed by atoms with Crippen molar-refractivity contribution in [2.45, 2.75) is 0 Å². The highest BCUT2D eigenvalue weighted by Gasteiger charge is 2.13. The first-order valence-corrected chi connectivity index (χ1v) is 7.77. The van der Waals surface area contributed by atoms with Crippen molar-refractivity contribution in [3.8, 4) is 5.75 Å². The van der Waals surface area contributed by atoms with Crippen molar-refractivity contribution in [2.75, 3.05) is 51.8 Å². The van der Waals surface area contributed by atoms with Gasteiger partial charge in [-0.25, -0.2) is 0 Å². The summed E-state index contributed by atoms with van der Waals surface area (Å²) in [5.74, 6) is 0.650. The van der Waals surface area contributed by atoms with Gasteiger partial charge >= 0.3 is 0 Å². The summed E-state index contributed by atoms with van der Waals surface area (Å²) in [6, 6.07) is 5.48. The van der Waals surface area contributed by atoms with Crippen LogP contribution >= 0.6 is 23.8 Å². The lowest BCUT2D eigenvalue weighted by Crippen LogP contribution is -3.14. The number of morpholine rings is 1. The summed E-state index contributed by atoms with van der Waals surface area (Å²) in [4.78, 5) is 1.55. The maximum absolute atomic E-state index is 6.08. The number of quaternary nitrogens is 1. The molecule has 0 saturated carbocycles. The van der Waals surface area contributed by atoms with Crippen molar-refractivity contribution in [2.24, 2.45) is 0 Å². The number of rotatable bonds is 5. The largest absolute Gasteiger partial charge is 0.495 e. The normalized spacial score (nSPS) is 15.5. The molecule has 1 aromatic rings. The van der Waals surface area contributed by atoms with Crippen LogP contribution < -0.4 is 20.3 Å². The van der Waals surface area contributed by atoms with Gasteiger partial charge < -0.3 is 25.0 Å². The van der Waals surface area contributed by atoms with Gasteiger partial charge in [-0.2, -0.15) is 0 Å². The van der Waals surface area contributed by atoms with Gasteiger partial charge in [0.05, 0.1) is 38.4 Å². The summed E-state index contributed by atoms with van der Waals surface area (Å²) < 4.78 is 10.4. The van der Waals surface area contributed by atoms with Crippen LogP contribution in [-0.2, 0) is 4.74 Å². The minimum atomic E-state index is 0.558. The summed E-state index contributed by atoms with van der Waals surface area (Å²) in [5, 5.41) is 7.49. The van der Waals surface area contributed by atoms with E-state index in [-0.39, 0.29) is 0 Å². The predicted octanol–water partition coefficient (Wildman–Crippen LogP) is 0.550. The lowest BCUT2D eigenvalue weighted by Gasteiger charge is -2.24. The number of thiocarbonyl (C=S) groups is 1. The monoisotopic (exact) mass is 330 g/mol. The van der Waals surface area contributed by atoms with Gasteiger partial charge in [-0.3, -0.25) is 0 Å². The van der Waals surface area contributed by atoms with Gasteiger partial charge in [0.25, 0.3) is 0 Å². The quantitative estimate of drug-likeness (QED) is 0.688. The van der Waals surface area contributed by atoms with Gasteiger partial charge in [0.15, 0.2) is 5.11 Å². The van der Waals surface area contributed by atoms with E-state index in [9.17, 15) is 0 Å². The van der Waals surface area contributed by atoms with E-state index in [1.165, 1.54) is 0 Å². The van der Waals surface area contributed by atoms with Gasteiger partial charge in [-0.15, -0.1) is 0 Å². The van der Waals surface area contributed by atoms with Gasteiger partial charge in [0.1, 0.15) is 18.8 Å². The standard InChI is InChI=1S/C14H20ClN3O2S/c1-19-13-3-2-11(10-12(13)15)17-14(21)16-4-5-18-6-8-20-9-7-18/h2-3,10H,4-9H2,1H3,(H2,16,17,21)/p+1. The zero-order valence-electron chi connectivity index (χ0n) is 12.1. The Bertz CT molecular complexity index is 481. The van der Waals surface area contributed by atoms with Crippen LogP contribution in [0, 0.1) is 0 Å². The number of anilines is 1. The van der Waals surface area contributed by atoms with Crippen LogP contribution in [0.3, 0.4) is 0 Å². The number of methoxy groups -OCH3 is 1. The van der Waals surface area contributed by atoms with Crippen LogP contribution in [0.1, 0.15) is 0 Å². The Labute approximate surface area is 135 Å². The molecule has 0 unspecified atom stereocenters. The Morgan fingerprint density at radius 1 is 1.43 bits per heavy atom. The molecule has 0 aromatic heterocycles. The van der Waals surface area contributed by atoms with E-state index >= 15 is 0 Å². The van der Waals surface area contributed by atoms with E-state index in [1.807, 2.05) is 12.1 Å². The highest BCUT2D eigenvalue weighted by molar-refractivity contribution is 7.80. The number of ether oxygens (including phenoxy) is 2. The molecule has 116 valence electrons. The third-order valence-electron chi connectivity index (χ3n) is 3.37. The highest BCUT2D eigenvalue weighted by atomic mass is 35.5. The lowest BCUT2D eigenvalue weighted by molar-refractivity contribution is -0.906. The van der Waals surface area contributed by atoms with Crippen molar-refractivity contribution in [3.05, 3.63) is 23.2 Å². The van der Waals surface area contributed by atoms with Crippen molar-refractivity contribution < 1.29 is 14.4 Å². The second-order valence-electron chi connectivity index (χ2n) is 4.84. The van der Waals surface area contributed by atoms with Crippen LogP contribution in [0.25, 0.3) is 0 Å². The van der Waals surface area contributed by atoms with Crippen LogP contribution in [0.4, 0.5) is 5.69 Å². The van der Waals surface area contributed by atoms with Gasteiger partial charge in [0, 0.05) is 5.69 Å². The fourth-order valence-corrected chi connectivity index (χ4v) is 2.66. The molecule has 1 fully saturated rings. The number of halogens is 1. The summed E-state index contributed by atoms with van der Waals surface area (Å²) in [6.45, 7) is 5.70. The average molecular weight is 331 g/mol. The molecule has 1 saturated heterocycles. The van der Waals surface area contributed by atoms with Crippen molar-refractivity contribution in [1.29, 1.82) is 0 Å². The van der Waals surface area contributed by atoms with E-state index in [2.05, 4.69) is 10.6 Å². The first kappa shape index (κ1) is 16.3. The fourth-order valence-electron chi connectivity index (χ4n) is 2.18. The Balaban J connectivity index is 1.72. The first-order chi connectivity index (χ1) is 10.2. The Kier molecular flexibility index (Phi) is 6.50. The minimum absolute atomic E-state index is 0.558. The molecule has 0 spiro atoms. The topological polar surface area (TPSA) is 47.0 Å². The highest BCUT2D eigenvalue weighted by Crippen LogP contribution is 2.27. The third kappa shape index (κ3) is 5.32. The van der Waals surface area contributed by atoms with E-state index in [0.717, 1.165) is 45.1 Å². The molecule has 21 heavy (non-hydrogen) atoms. The Morgan fingerprint density at radius 3 is 2.86 bits per heavy atom. The van der Waals surface area contributed by atoms with Gasteiger partial charge in [-0.1, -0.05) is 11.6 Å². The molecule has 5 nitrogen and oxygen atoms in total. The van der Waals surface area contributed by atoms with Gasteiger partial charge in [0.2, 0.25) is 0 Å². The minimum Gasteiger partial charge on any atom is -0.495 e. The second-order valence-corrected chi connectivity index (χ2v) is 5.66. The summed E-state index contributed by atoms with van der Waals surface area (Å²) in [6.07, 6.45) is 0. The number of hydrogen-bond acceptors (Lipinski definition) is 3. The molecule has 0 atom stereocenters. The number of benzene rings is 1. The Morgan fingerprint density at radius 2 is 2.19 bits per heavy atom. The van der Waals surface area contributed by atoms with Crippen molar-refractivity contribution in [1.82, 2.24) is 5.32 Å². The van der Waals surface area contributed by atoms with Crippen molar-refractivity contribution in [3.63, 3.8) is 0 Å². The number of hydrogen-bond donors (Lipinski definition) is 3. The molecule has 0 aliphatic carbocycles. The molecule has 0 bridgehead atoms.